The van der Waals surface area contributed by atoms with E-state index in [0.29, 0.717) is 11.5 Å². The minimum absolute atomic E-state index is 0.0509. The van der Waals surface area contributed by atoms with Gasteiger partial charge >= 0.3 is 0 Å². The van der Waals surface area contributed by atoms with E-state index in [2.05, 4.69) is 25.3 Å². The van der Waals surface area contributed by atoms with Crippen molar-refractivity contribution in [2.45, 2.75) is 25.8 Å². The first-order chi connectivity index (χ1) is 12.2. The summed E-state index contributed by atoms with van der Waals surface area (Å²) in [5.41, 5.74) is 2.30. The Morgan fingerprint density at radius 1 is 1.20 bits per heavy atom. The van der Waals surface area contributed by atoms with Gasteiger partial charge in [-0.1, -0.05) is 12.1 Å². The van der Waals surface area contributed by atoms with Gasteiger partial charge < -0.3 is 15.2 Å². The molecule has 0 bridgehead atoms. The molecule has 1 saturated heterocycles. The molecular weight excluding hydrogens is 316 g/mol. The molecule has 128 valence electrons. The van der Waals surface area contributed by atoms with E-state index in [1.54, 1.807) is 6.20 Å². The van der Waals surface area contributed by atoms with Crippen LogP contribution in [0.1, 0.15) is 42.1 Å². The van der Waals surface area contributed by atoms with Crippen LogP contribution >= 0.6 is 0 Å². The summed E-state index contributed by atoms with van der Waals surface area (Å²) in [5.74, 6) is 1.34. The molecule has 7 heteroatoms. The van der Waals surface area contributed by atoms with Gasteiger partial charge in [0.05, 0.1) is 29.5 Å². The number of fused-ring (bicyclic) bond motifs is 1. The number of hydrogen-bond donors (Lipinski definition) is 2. The van der Waals surface area contributed by atoms with Crippen LogP contribution < -0.4 is 5.32 Å². The topological polar surface area (TPSA) is 86.8 Å². The smallest absolute Gasteiger partial charge is 0.274 e. The maximum atomic E-state index is 12.4. The van der Waals surface area contributed by atoms with E-state index in [4.69, 9.17) is 0 Å². The number of imidazole rings is 1. The number of likely N-dealkylation sites (tertiary alicyclic amines) is 1. The van der Waals surface area contributed by atoms with Crippen LogP contribution in [-0.4, -0.2) is 43.8 Å². The molecule has 3 heterocycles. The molecule has 4 rings (SSSR count). The molecule has 0 radical (unpaired) electrons. The Kier molecular flexibility index (Phi) is 4.05. The van der Waals surface area contributed by atoms with Crippen LogP contribution in [0.3, 0.4) is 0 Å². The average Bonchev–Trinajstić information content (AvgIpc) is 3.31. The fraction of sp³-hybridized carbons (Fsp3) is 0.333. The van der Waals surface area contributed by atoms with Crippen LogP contribution in [0.25, 0.3) is 11.0 Å². The molecule has 0 saturated carbocycles. The van der Waals surface area contributed by atoms with Gasteiger partial charge in [0.1, 0.15) is 17.3 Å². The van der Waals surface area contributed by atoms with E-state index in [-0.39, 0.29) is 11.9 Å². The number of benzene rings is 1. The van der Waals surface area contributed by atoms with Crippen molar-refractivity contribution in [3.8, 4) is 0 Å². The van der Waals surface area contributed by atoms with Crippen molar-refractivity contribution >= 4 is 22.8 Å². The summed E-state index contributed by atoms with van der Waals surface area (Å²) in [4.78, 5) is 30.8. The number of carbonyl (C=O) groups is 1. The third kappa shape index (κ3) is 3.17. The van der Waals surface area contributed by atoms with Gasteiger partial charge in [-0.25, -0.2) is 9.97 Å². The molecule has 1 amide bonds. The standard InChI is InChI=1S/C18H20N6O/c1-12(17-22-13-6-2-3-7-14(13)23-17)20-16-11-19-10-15(21-16)18(25)24-8-4-5-9-24/h2-3,6-7,10-12H,4-5,8-9H2,1H3,(H,20,21)(H,22,23). The first kappa shape index (κ1) is 15.6. The zero-order chi connectivity index (χ0) is 17.2. The van der Waals surface area contributed by atoms with Gasteiger partial charge in [-0.05, 0) is 31.9 Å². The molecule has 1 unspecified atom stereocenters. The first-order valence-corrected chi connectivity index (χ1v) is 8.53. The van der Waals surface area contributed by atoms with E-state index < -0.39 is 0 Å². The number of rotatable bonds is 4. The van der Waals surface area contributed by atoms with E-state index >= 15 is 0 Å². The SMILES string of the molecule is CC(Nc1cncc(C(=O)N2CCCC2)n1)c1nc2ccccc2[nH]1. The number of aromatic amines is 1. The highest BCUT2D eigenvalue weighted by Crippen LogP contribution is 2.19. The van der Waals surface area contributed by atoms with Crippen molar-refractivity contribution in [2.24, 2.45) is 0 Å². The van der Waals surface area contributed by atoms with E-state index in [1.807, 2.05) is 36.1 Å². The van der Waals surface area contributed by atoms with Gasteiger partial charge in [0, 0.05) is 13.1 Å². The third-order valence-electron chi connectivity index (χ3n) is 4.43. The van der Waals surface area contributed by atoms with Gasteiger partial charge in [0.25, 0.3) is 5.91 Å². The highest BCUT2D eigenvalue weighted by molar-refractivity contribution is 5.92. The lowest BCUT2D eigenvalue weighted by Crippen LogP contribution is -2.28. The fourth-order valence-corrected chi connectivity index (χ4v) is 3.09. The zero-order valence-corrected chi connectivity index (χ0v) is 14.1. The summed E-state index contributed by atoms with van der Waals surface area (Å²) >= 11 is 0. The molecule has 1 fully saturated rings. The van der Waals surface area contributed by atoms with Gasteiger partial charge in [-0.2, -0.15) is 0 Å². The lowest BCUT2D eigenvalue weighted by Gasteiger charge is -2.16. The summed E-state index contributed by atoms with van der Waals surface area (Å²) in [6.45, 7) is 3.59. The molecule has 0 spiro atoms. The number of nitrogens with one attached hydrogen (secondary N) is 2. The fourth-order valence-electron chi connectivity index (χ4n) is 3.09. The normalized spacial score (nSPS) is 15.5. The predicted octanol–water partition coefficient (Wildman–Crippen LogP) is 2.76. The lowest BCUT2D eigenvalue weighted by atomic mass is 10.3. The molecule has 1 atom stereocenters. The summed E-state index contributed by atoms with van der Waals surface area (Å²) in [7, 11) is 0. The lowest BCUT2D eigenvalue weighted by molar-refractivity contribution is 0.0786. The Morgan fingerprint density at radius 3 is 2.80 bits per heavy atom. The largest absolute Gasteiger partial charge is 0.359 e. The van der Waals surface area contributed by atoms with E-state index in [1.165, 1.54) is 6.20 Å². The second kappa shape index (κ2) is 6.51. The van der Waals surface area contributed by atoms with Crippen molar-refractivity contribution in [3.05, 3.63) is 48.2 Å². The molecule has 1 aliphatic heterocycles. The van der Waals surface area contributed by atoms with Crippen LogP contribution in [0.4, 0.5) is 5.82 Å². The van der Waals surface area contributed by atoms with E-state index in [9.17, 15) is 4.79 Å². The molecule has 1 aromatic carbocycles. The van der Waals surface area contributed by atoms with Crippen molar-refractivity contribution in [3.63, 3.8) is 0 Å². The molecule has 2 N–H and O–H groups in total. The third-order valence-corrected chi connectivity index (χ3v) is 4.43. The Hall–Kier alpha value is -2.96. The molecule has 2 aromatic heterocycles. The van der Waals surface area contributed by atoms with Crippen molar-refractivity contribution < 1.29 is 4.79 Å². The van der Waals surface area contributed by atoms with Crippen LogP contribution in [0.2, 0.25) is 0 Å². The molecular formula is C18H20N6O. The van der Waals surface area contributed by atoms with Gasteiger partial charge in [-0.3, -0.25) is 9.78 Å². The minimum atomic E-state index is -0.0844. The number of anilines is 1. The first-order valence-electron chi connectivity index (χ1n) is 8.53. The second-order valence-corrected chi connectivity index (χ2v) is 6.29. The molecule has 1 aliphatic rings. The van der Waals surface area contributed by atoms with Crippen molar-refractivity contribution in [1.29, 1.82) is 0 Å². The van der Waals surface area contributed by atoms with Crippen molar-refractivity contribution in [2.75, 3.05) is 18.4 Å². The number of para-hydroxylation sites is 2. The van der Waals surface area contributed by atoms with Crippen LogP contribution in [0, 0.1) is 0 Å². The molecule has 0 aliphatic carbocycles. The Morgan fingerprint density at radius 2 is 2.00 bits per heavy atom. The van der Waals surface area contributed by atoms with Gasteiger partial charge in [0.15, 0.2) is 0 Å². The number of H-pyrrole nitrogens is 1. The summed E-state index contributed by atoms with van der Waals surface area (Å²) in [5, 5.41) is 3.27. The second-order valence-electron chi connectivity index (χ2n) is 6.29. The monoisotopic (exact) mass is 336 g/mol. The Balaban J connectivity index is 1.51. The highest BCUT2D eigenvalue weighted by atomic mass is 16.2. The summed E-state index contributed by atoms with van der Waals surface area (Å²) in [6.07, 6.45) is 5.26. The number of aromatic nitrogens is 4. The number of nitrogens with zero attached hydrogens (tertiary/aromatic N) is 4. The molecule has 3 aromatic rings. The number of carbonyl (C=O) groups excluding carboxylic acids is 1. The summed E-state index contributed by atoms with van der Waals surface area (Å²) in [6, 6.07) is 7.81. The number of hydrogen-bond acceptors (Lipinski definition) is 5. The number of amides is 1. The van der Waals surface area contributed by atoms with Crippen LogP contribution in [0.5, 0.6) is 0 Å². The highest BCUT2D eigenvalue weighted by Gasteiger charge is 2.21. The van der Waals surface area contributed by atoms with Crippen LogP contribution in [-0.2, 0) is 0 Å². The Bertz CT molecular complexity index is 866. The predicted molar refractivity (Wildman–Crippen MR) is 95.3 cm³/mol. The summed E-state index contributed by atoms with van der Waals surface area (Å²) < 4.78 is 0. The van der Waals surface area contributed by atoms with Gasteiger partial charge in [0.2, 0.25) is 0 Å². The molecule has 7 nitrogen and oxygen atoms in total. The maximum Gasteiger partial charge on any atom is 0.274 e. The van der Waals surface area contributed by atoms with Gasteiger partial charge in [-0.15, -0.1) is 0 Å². The quantitative estimate of drug-likeness (QED) is 0.765. The van der Waals surface area contributed by atoms with E-state index in [0.717, 1.165) is 42.8 Å². The molecule has 25 heavy (non-hydrogen) atoms. The van der Waals surface area contributed by atoms with Crippen molar-refractivity contribution in [1.82, 2.24) is 24.8 Å². The maximum absolute atomic E-state index is 12.4. The zero-order valence-electron chi connectivity index (χ0n) is 14.1. The minimum Gasteiger partial charge on any atom is -0.359 e. The Labute approximate surface area is 145 Å². The van der Waals surface area contributed by atoms with Crippen LogP contribution in [0.15, 0.2) is 36.7 Å². The average molecular weight is 336 g/mol.